The number of nitrogens with one attached hydrogen (secondary N) is 1. The van der Waals surface area contributed by atoms with E-state index in [1.165, 1.54) is 38.0 Å². The zero-order valence-electron chi connectivity index (χ0n) is 12.9. The van der Waals surface area contributed by atoms with Gasteiger partial charge in [0, 0.05) is 13.1 Å². The van der Waals surface area contributed by atoms with Crippen LogP contribution in [0.1, 0.15) is 25.3 Å². The zero-order chi connectivity index (χ0) is 14.2. The van der Waals surface area contributed by atoms with Crippen molar-refractivity contribution in [3.05, 3.63) is 29.8 Å². The summed E-state index contributed by atoms with van der Waals surface area (Å²) in [5, 5.41) is 3.50. The molecule has 1 saturated heterocycles. The number of benzene rings is 1. The van der Waals surface area contributed by atoms with Crippen LogP contribution in [0.3, 0.4) is 0 Å². The molecule has 1 N–H and O–H groups in total. The van der Waals surface area contributed by atoms with Gasteiger partial charge in [0.1, 0.15) is 12.4 Å². The van der Waals surface area contributed by atoms with E-state index < -0.39 is 0 Å². The average molecular weight is 276 g/mol. The van der Waals surface area contributed by atoms with Gasteiger partial charge in [-0.05, 0) is 56.9 Å². The van der Waals surface area contributed by atoms with Crippen LogP contribution in [0.25, 0.3) is 0 Å². The Morgan fingerprint density at radius 2 is 2.20 bits per heavy atom. The lowest BCUT2D eigenvalue weighted by atomic mass is 9.99. The van der Waals surface area contributed by atoms with Crippen molar-refractivity contribution in [2.75, 3.05) is 39.3 Å². The summed E-state index contributed by atoms with van der Waals surface area (Å²) in [5.74, 6) is 1.82. The van der Waals surface area contributed by atoms with Crippen molar-refractivity contribution in [1.82, 2.24) is 10.2 Å². The third kappa shape index (κ3) is 4.80. The van der Waals surface area contributed by atoms with E-state index in [1.807, 2.05) is 6.07 Å². The Balaban J connectivity index is 1.72. The number of hydrogen-bond donors (Lipinski definition) is 1. The molecule has 1 heterocycles. The molecule has 0 saturated carbocycles. The first-order valence-corrected chi connectivity index (χ1v) is 7.91. The summed E-state index contributed by atoms with van der Waals surface area (Å²) >= 11 is 0. The number of likely N-dealkylation sites (N-methyl/N-ethyl adjacent to an activating group) is 1. The van der Waals surface area contributed by atoms with Crippen LogP contribution < -0.4 is 10.1 Å². The number of para-hydroxylation sites is 1. The maximum Gasteiger partial charge on any atom is 0.122 e. The van der Waals surface area contributed by atoms with Gasteiger partial charge in [-0.3, -0.25) is 4.90 Å². The highest BCUT2D eigenvalue weighted by molar-refractivity contribution is 5.31. The van der Waals surface area contributed by atoms with E-state index in [-0.39, 0.29) is 0 Å². The molecule has 3 heteroatoms. The first-order chi connectivity index (χ1) is 9.79. The maximum atomic E-state index is 5.90. The van der Waals surface area contributed by atoms with E-state index >= 15 is 0 Å². The highest BCUT2D eigenvalue weighted by atomic mass is 16.5. The normalized spacial score (nSPS) is 19.2. The number of piperidine rings is 1. The van der Waals surface area contributed by atoms with Gasteiger partial charge in [-0.1, -0.05) is 25.1 Å². The number of nitrogens with zero attached hydrogens (tertiary/aromatic N) is 1. The molecule has 20 heavy (non-hydrogen) atoms. The molecule has 2 rings (SSSR count). The third-order valence-electron chi connectivity index (χ3n) is 4.12. The van der Waals surface area contributed by atoms with Crippen molar-refractivity contribution in [1.29, 1.82) is 0 Å². The first kappa shape index (κ1) is 15.3. The van der Waals surface area contributed by atoms with Crippen LogP contribution in [0.2, 0.25) is 0 Å². The molecule has 1 fully saturated rings. The van der Waals surface area contributed by atoms with Crippen LogP contribution in [-0.2, 0) is 0 Å². The van der Waals surface area contributed by atoms with Gasteiger partial charge in [-0.15, -0.1) is 0 Å². The largest absolute Gasteiger partial charge is 0.492 e. The molecule has 0 amide bonds. The molecule has 1 unspecified atom stereocenters. The third-order valence-corrected chi connectivity index (χ3v) is 4.12. The van der Waals surface area contributed by atoms with Gasteiger partial charge < -0.3 is 10.1 Å². The fraction of sp³-hybridized carbons (Fsp3) is 0.647. The molecule has 0 aliphatic carbocycles. The van der Waals surface area contributed by atoms with E-state index in [2.05, 4.69) is 42.3 Å². The fourth-order valence-electron chi connectivity index (χ4n) is 2.83. The summed E-state index contributed by atoms with van der Waals surface area (Å²) in [6.07, 6.45) is 2.68. The minimum atomic E-state index is 0.777. The topological polar surface area (TPSA) is 24.5 Å². The quantitative estimate of drug-likeness (QED) is 0.828. The zero-order valence-corrected chi connectivity index (χ0v) is 12.9. The monoisotopic (exact) mass is 276 g/mol. The van der Waals surface area contributed by atoms with Gasteiger partial charge >= 0.3 is 0 Å². The molecule has 0 bridgehead atoms. The number of hydrogen-bond acceptors (Lipinski definition) is 3. The molecule has 3 nitrogen and oxygen atoms in total. The Morgan fingerprint density at radius 1 is 1.35 bits per heavy atom. The summed E-state index contributed by atoms with van der Waals surface area (Å²) in [6, 6.07) is 8.24. The first-order valence-electron chi connectivity index (χ1n) is 7.91. The van der Waals surface area contributed by atoms with Crippen molar-refractivity contribution in [3.63, 3.8) is 0 Å². The second-order valence-corrected chi connectivity index (χ2v) is 5.72. The summed E-state index contributed by atoms with van der Waals surface area (Å²) in [5.41, 5.74) is 1.21. The van der Waals surface area contributed by atoms with Crippen molar-refractivity contribution in [3.8, 4) is 5.75 Å². The second kappa shape index (κ2) is 8.28. The van der Waals surface area contributed by atoms with Gasteiger partial charge in [0.05, 0.1) is 0 Å². The van der Waals surface area contributed by atoms with E-state index in [9.17, 15) is 0 Å². The smallest absolute Gasteiger partial charge is 0.122 e. The van der Waals surface area contributed by atoms with Gasteiger partial charge in [-0.2, -0.15) is 0 Å². The molecule has 1 atom stereocenters. The number of rotatable bonds is 7. The minimum Gasteiger partial charge on any atom is -0.492 e. The molecular weight excluding hydrogens is 248 g/mol. The Hall–Kier alpha value is -1.06. The molecule has 1 aliphatic rings. The average Bonchev–Trinajstić information content (AvgIpc) is 2.49. The molecule has 1 aromatic rings. The van der Waals surface area contributed by atoms with Crippen LogP contribution in [-0.4, -0.2) is 44.2 Å². The molecule has 0 aromatic heterocycles. The Kier molecular flexibility index (Phi) is 6.34. The summed E-state index contributed by atoms with van der Waals surface area (Å²) in [4.78, 5) is 2.51. The predicted octanol–water partition coefficient (Wildman–Crippen LogP) is 2.70. The maximum absolute atomic E-state index is 5.90. The minimum absolute atomic E-state index is 0.777. The number of ether oxygens (including phenoxy) is 1. The van der Waals surface area contributed by atoms with E-state index in [4.69, 9.17) is 4.74 Å². The van der Waals surface area contributed by atoms with Crippen LogP contribution in [0.15, 0.2) is 24.3 Å². The predicted molar refractivity (Wildman–Crippen MR) is 84.4 cm³/mol. The lowest BCUT2D eigenvalue weighted by Crippen LogP contribution is -2.39. The van der Waals surface area contributed by atoms with Crippen molar-refractivity contribution >= 4 is 0 Å². The van der Waals surface area contributed by atoms with Crippen LogP contribution in [0, 0.1) is 12.8 Å². The highest BCUT2D eigenvalue weighted by Gasteiger charge is 2.16. The molecule has 1 aromatic carbocycles. The van der Waals surface area contributed by atoms with Crippen molar-refractivity contribution in [2.45, 2.75) is 26.7 Å². The van der Waals surface area contributed by atoms with Crippen LogP contribution in [0.5, 0.6) is 5.75 Å². The molecular formula is C17H28N2O. The molecule has 0 radical (unpaired) electrons. The molecule has 0 spiro atoms. The highest BCUT2D eigenvalue weighted by Crippen LogP contribution is 2.16. The standard InChI is InChI=1S/C17H28N2O/c1-3-19(14-16-8-6-10-18-13-16)11-12-20-17-9-5-4-7-15(17)2/h4-5,7,9,16,18H,3,6,8,10-14H2,1-2H3. The van der Waals surface area contributed by atoms with Crippen molar-refractivity contribution < 1.29 is 4.74 Å². The SMILES string of the molecule is CCN(CCOc1ccccc1C)CC1CCCNC1. The number of aryl methyl sites for hydroxylation is 1. The Bertz CT molecular complexity index is 388. The van der Waals surface area contributed by atoms with Gasteiger partial charge in [0.25, 0.3) is 0 Å². The van der Waals surface area contributed by atoms with Crippen molar-refractivity contribution in [2.24, 2.45) is 5.92 Å². The molecule has 1 aliphatic heterocycles. The van der Waals surface area contributed by atoms with Crippen LogP contribution >= 0.6 is 0 Å². The molecule has 112 valence electrons. The van der Waals surface area contributed by atoms with E-state index in [1.54, 1.807) is 0 Å². The summed E-state index contributed by atoms with van der Waals surface area (Å²) in [7, 11) is 0. The fourth-order valence-corrected chi connectivity index (χ4v) is 2.83. The van der Waals surface area contributed by atoms with Crippen LogP contribution in [0.4, 0.5) is 0 Å². The van der Waals surface area contributed by atoms with Gasteiger partial charge in [0.15, 0.2) is 0 Å². The van der Waals surface area contributed by atoms with E-state index in [0.717, 1.165) is 31.4 Å². The van der Waals surface area contributed by atoms with Gasteiger partial charge in [-0.25, -0.2) is 0 Å². The van der Waals surface area contributed by atoms with Gasteiger partial charge in [0.2, 0.25) is 0 Å². The van der Waals surface area contributed by atoms with E-state index in [0.29, 0.717) is 0 Å². The Labute approximate surface area is 123 Å². The lowest BCUT2D eigenvalue weighted by molar-refractivity contribution is 0.179. The lowest BCUT2D eigenvalue weighted by Gasteiger charge is -2.29. The summed E-state index contributed by atoms with van der Waals surface area (Å²) < 4.78 is 5.90. The Morgan fingerprint density at radius 3 is 2.90 bits per heavy atom. The second-order valence-electron chi connectivity index (χ2n) is 5.72. The summed E-state index contributed by atoms with van der Waals surface area (Å²) in [6.45, 7) is 10.8.